The van der Waals surface area contributed by atoms with Crippen LogP contribution in [0, 0.1) is 6.92 Å². The smallest absolute Gasteiger partial charge is 0.338 e. The number of rotatable bonds is 5. The van der Waals surface area contributed by atoms with Crippen LogP contribution in [0.1, 0.15) is 22.8 Å². The van der Waals surface area contributed by atoms with Gasteiger partial charge in [0.15, 0.2) is 0 Å². The summed E-state index contributed by atoms with van der Waals surface area (Å²) in [5, 5.41) is 3.14. The number of anilines is 2. The quantitative estimate of drug-likeness (QED) is 0.579. The molecule has 0 saturated heterocycles. The van der Waals surface area contributed by atoms with Crippen LogP contribution in [0.5, 0.6) is 0 Å². The van der Waals surface area contributed by atoms with Gasteiger partial charge in [-0.2, -0.15) is 0 Å². The van der Waals surface area contributed by atoms with Crippen LogP contribution in [0.3, 0.4) is 0 Å². The van der Waals surface area contributed by atoms with Crippen molar-refractivity contribution in [2.45, 2.75) is 13.8 Å². The first-order chi connectivity index (χ1) is 13.3. The highest BCUT2D eigenvalue weighted by atomic mass is 35.5. The molecule has 144 valence electrons. The van der Waals surface area contributed by atoms with Crippen LogP contribution in [0.2, 0.25) is 5.02 Å². The van der Waals surface area contributed by atoms with E-state index >= 15 is 0 Å². The maximum Gasteiger partial charge on any atom is 0.338 e. The van der Waals surface area contributed by atoms with Gasteiger partial charge in [-0.3, -0.25) is 9.59 Å². The molecule has 6 nitrogen and oxygen atoms in total. The highest BCUT2D eigenvalue weighted by molar-refractivity contribution is 6.53. The average Bonchev–Trinajstić information content (AvgIpc) is 2.86. The molecule has 0 aliphatic carbocycles. The molecule has 1 aliphatic heterocycles. The summed E-state index contributed by atoms with van der Waals surface area (Å²) in [5.74, 6) is -1.64. The minimum absolute atomic E-state index is 0.0371. The maximum atomic E-state index is 12.8. The third-order valence-electron chi connectivity index (χ3n) is 4.09. The van der Waals surface area contributed by atoms with Crippen LogP contribution >= 0.6 is 23.2 Å². The highest BCUT2D eigenvalue weighted by Gasteiger charge is 2.39. The number of aryl methyl sites for hydroxylation is 1. The topological polar surface area (TPSA) is 75.7 Å². The molecule has 1 aliphatic rings. The van der Waals surface area contributed by atoms with Crippen LogP contribution in [-0.2, 0) is 14.3 Å². The van der Waals surface area contributed by atoms with Crippen molar-refractivity contribution in [3.05, 3.63) is 69.3 Å². The van der Waals surface area contributed by atoms with Crippen LogP contribution in [0.25, 0.3) is 0 Å². The van der Waals surface area contributed by atoms with E-state index in [1.807, 2.05) is 0 Å². The van der Waals surface area contributed by atoms with Gasteiger partial charge >= 0.3 is 5.97 Å². The molecule has 1 heterocycles. The lowest BCUT2D eigenvalue weighted by molar-refractivity contribution is -0.120. The zero-order valence-electron chi connectivity index (χ0n) is 15.1. The summed E-state index contributed by atoms with van der Waals surface area (Å²) in [6.07, 6.45) is 0. The minimum Gasteiger partial charge on any atom is -0.462 e. The normalized spacial score (nSPS) is 13.9. The van der Waals surface area contributed by atoms with E-state index in [1.165, 1.54) is 0 Å². The molecule has 28 heavy (non-hydrogen) atoms. The summed E-state index contributed by atoms with van der Waals surface area (Å²) in [4.78, 5) is 38.1. The molecule has 8 heteroatoms. The molecule has 2 amide bonds. The summed E-state index contributed by atoms with van der Waals surface area (Å²) in [6.45, 7) is 3.74. The number of nitrogens with one attached hydrogen (secondary N) is 1. The van der Waals surface area contributed by atoms with Crippen molar-refractivity contribution < 1.29 is 19.1 Å². The van der Waals surface area contributed by atoms with Gasteiger partial charge in [-0.25, -0.2) is 9.69 Å². The second-order valence-electron chi connectivity index (χ2n) is 5.99. The molecule has 2 aromatic rings. The number of carbonyl (C=O) groups is 3. The molecule has 1 N–H and O–H groups in total. The lowest BCUT2D eigenvalue weighted by Gasteiger charge is -2.17. The number of esters is 1. The van der Waals surface area contributed by atoms with Gasteiger partial charge < -0.3 is 10.1 Å². The lowest BCUT2D eigenvalue weighted by Crippen LogP contribution is -2.32. The maximum absolute atomic E-state index is 12.8. The molecule has 0 saturated carbocycles. The lowest BCUT2D eigenvalue weighted by atomic mass is 10.2. The Bertz CT molecular complexity index is 1000. The van der Waals surface area contributed by atoms with E-state index in [0.29, 0.717) is 27.5 Å². The number of hydrogen-bond donors (Lipinski definition) is 1. The van der Waals surface area contributed by atoms with Gasteiger partial charge in [-0.15, -0.1) is 0 Å². The summed E-state index contributed by atoms with van der Waals surface area (Å²) in [7, 11) is 0. The van der Waals surface area contributed by atoms with Gasteiger partial charge in [-0.1, -0.05) is 23.2 Å². The van der Waals surface area contributed by atoms with Gasteiger partial charge in [0.05, 0.1) is 17.9 Å². The van der Waals surface area contributed by atoms with Crippen LogP contribution in [-0.4, -0.2) is 24.4 Å². The molecule has 0 fully saturated rings. The Kier molecular flexibility index (Phi) is 5.72. The zero-order chi connectivity index (χ0) is 20.4. The third kappa shape index (κ3) is 3.74. The van der Waals surface area contributed by atoms with Gasteiger partial charge in [-0.05, 0) is 61.9 Å². The van der Waals surface area contributed by atoms with Gasteiger partial charge in [0.25, 0.3) is 11.8 Å². The molecular formula is C20H16Cl2N2O4. The Hall–Kier alpha value is -2.83. The monoisotopic (exact) mass is 418 g/mol. The van der Waals surface area contributed by atoms with E-state index in [-0.39, 0.29) is 17.3 Å². The standard InChI is InChI=1S/C20H16Cl2N2O4/c1-3-28-20(27)12-4-7-14(8-5-12)23-17-16(22)18(25)24(19(17)26)15-9-6-13(21)10-11(15)2/h4-10,23H,3H2,1-2H3. The zero-order valence-corrected chi connectivity index (χ0v) is 16.6. The molecule has 0 unspecified atom stereocenters. The number of hydrogen-bond acceptors (Lipinski definition) is 5. The fraction of sp³-hybridized carbons (Fsp3) is 0.150. The molecule has 0 radical (unpaired) electrons. The molecule has 0 bridgehead atoms. The summed E-state index contributed by atoms with van der Waals surface area (Å²) in [6, 6.07) is 11.1. The molecule has 3 rings (SSSR count). The molecule has 0 atom stereocenters. The largest absolute Gasteiger partial charge is 0.462 e. The van der Waals surface area contributed by atoms with Crippen LogP contribution in [0.4, 0.5) is 11.4 Å². The van der Waals surface area contributed by atoms with E-state index in [9.17, 15) is 14.4 Å². The van der Waals surface area contributed by atoms with Gasteiger partial charge in [0, 0.05) is 10.7 Å². The number of halogens is 2. The van der Waals surface area contributed by atoms with Crippen LogP contribution < -0.4 is 10.2 Å². The van der Waals surface area contributed by atoms with Crippen LogP contribution in [0.15, 0.2) is 53.2 Å². The minimum atomic E-state index is -0.622. The molecule has 0 aromatic heterocycles. The third-order valence-corrected chi connectivity index (χ3v) is 4.68. The number of imide groups is 1. The van der Waals surface area contributed by atoms with Crippen molar-refractivity contribution >= 4 is 52.4 Å². The highest BCUT2D eigenvalue weighted by Crippen LogP contribution is 2.33. The Morgan fingerprint density at radius 2 is 1.75 bits per heavy atom. The Morgan fingerprint density at radius 3 is 2.36 bits per heavy atom. The van der Waals surface area contributed by atoms with E-state index < -0.39 is 17.8 Å². The summed E-state index contributed by atoms with van der Waals surface area (Å²) < 4.78 is 4.93. The van der Waals surface area contributed by atoms with Crippen molar-refractivity contribution in [1.29, 1.82) is 0 Å². The van der Waals surface area contributed by atoms with Crippen molar-refractivity contribution in [2.75, 3.05) is 16.8 Å². The number of ether oxygens (including phenoxy) is 1. The van der Waals surface area contributed by atoms with Crippen molar-refractivity contribution in [3.8, 4) is 0 Å². The number of benzene rings is 2. The fourth-order valence-electron chi connectivity index (χ4n) is 2.75. The first kappa shape index (κ1) is 19.9. The molecule has 0 spiro atoms. The predicted molar refractivity (Wildman–Crippen MR) is 108 cm³/mol. The van der Waals surface area contributed by atoms with Crippen molar-refractivity contribution in [2.24, 2.45) is 0 Å². The van der Waals surface area contributed by atoms with E-state index in [0.717, 1.165) is 4.90 Å². The summed E-state index contributed by atoms with van der Waals surface area (Å²) >= 11 is 12.1. The average molecular weight is 419 g/mol. The first-order valence-corrected chi connectivity index (χ1v) is 9.18. The van der Waals surface area contributed by atoms with E-state index in [4.69, 9.17) is 27.9 Å². The van der Waals surface area contributed by atoms with Crippen molar-refractivity contribution in [3.63, 3.8) is 0 Å². The first-order valence-electron chi connectivity index (χ1n) is 8.42. The van der Waals surface area contributed by atoms with E-state index in [2.05, 4.69) is 5.32 Å². The second-order valence-corrected chi connectivity index (χ2v) is 6.80. The Morgan fingerprint density at radius 1 is 1.07 bits per heavy atom. The summed E-state index contributed by atoms with van der Waals surface area (Å²) in [5.41, 5.74) is 1.91. The molecule has 2 aromatic carbocycles. The Labute approximate surface area is 171 Å². The number of nitrogens with zero attached hydrogens (tertiary/aromatic N) is 1. The predicted octanol–water partition coefficient (Wildman–Crippen LogP) is 4.26. The number of carbonyl (C=O) groups excluding carboxylic acids is 3. The SMILES string of the molecule is CCOC(=O)c1ccc(NC2=C(Cl)C(=O)N(c3ccc(Cl)cc3C)C2=O)cc1. The molecular weight excluding hydrogens is 403 g/mol. The number of amides is 2. The van der Waals surface area contributed by atoms with E-state index in [1.54, 1.807) is 56.3 Å². The Balaban J connectivity index is 1.84. The van der Waals surface area contributed by atoms with Gasteiger partial charge in [0.1, 0.15) is 10.7 Å². The van der Waals surface area contributed by atoms with Crippen molar-refractivity contribution in [1.82, 2.24) is 0 Å². The fourth-order valence-corrected chi connectivity index (χ4v) is 3.19. The second kappa shape index (κ2) is 8.04. The van der Waals surface area contributed by atoms with Gasteiger partial charge in [0.2, 0.25) is 0 Å².